The highest BCUT2D eigenvalue weighted by molar-refractivity contribution is 5.80. The van der Waals surface area contributed by atoms with E-state index in [2.05, 4.69) is 34.3 Å². The minimum atomic E-state index is 0.586. The van der Waals surface area contributed by atoms with Crippen LogP contribution in [0.5, 0.6) is 0 Å². The average molecular weight is 336 g/mol. The number of hydrogen-bond acceptors (Lipinski definition) is 3. The van der Waals surface area contributed by atoms with Gasteiger partial charge in [0.25, 0.3) is 0 Å². The Hall–Kier alpha value is -0.810. The molecule has 2 aliphatic heterocycles. The highest BCUT2D eigenvalue weighted by atomic mass is 15.2. The molecule has 3 rings (SSSR count). The second kappa shape index (κ2) is 9.04. The Morgan fingerprint density at radius 2 is 1.83 bits per heavy atom. The van der Waals surface area contributed by atoms with Gasteiger partial charge in [-0.15, -0.1) is 0 Å². The molecule has 1 atom stereocenters. The molecular weight excluding hydrogens is 298 g/mol. The van der Waals surface area contributed by atoms with Gasteiger partial charge in [-0.25, -0.2) is 0 Å². The summed E-state index contributed by atoms with van der Waals surface area (Å²) in [4.78, 5) is 10.2. The van der Waals surface area contributed by atoms with Crippen LogP contribution in [0.1, 0.15) is 52.4 Å². The van der Waals surface area contributed by atoms with Gasteiger partial charge in [0.1, 0.15) is 0 Å². The van der Waals surface area contributed by atoms with E-state index in [0.717, 1.165) is 31.0 Å². The molecule has 0 aromatic heterocycles. The van der Waals surface area contributed by atoms with Gasteiger partial charge in [0.05, 0.1) is 0 Å². The molecule has 0 aromatic rings. The predicted octanol–water partition coefficient (Wildman–Crippen LogP) is 1.90. The first-order chi connectivity index (χ1) is 11.8. The van der Waals surface area contributed by atoms with Crippen LogP contribution in [0.25, 0.3) is 0 Å². The molecule has 24 heavy (non-hydrogen) atoms. The Morgan fingerprint density at radius 1 is 1.04 bits per heavy atom. The Morgan fingerprint density at radius 3 is 2.50 bits per heavy atom. The lowest BCUT2D eigenvalue weighted by atomic mass is 10.1. The molecule has 1 aliphatic carbocycles. The van der Waals surface area contributed by atoms with Gasteiger partial charge >= 0.3 is 0 Å². The number of guanidine groups is 1. The van der Waals surface area contributed by atoms with Gasteiger partial charge in [-0.2, -0.15) is 0 Å². The van der Waals surface area contributed by atoms with Gasteiger partial charge in [0, 0.05) is 44.8 Å². The quantitative estimate of drug-likeness (QED) is 0.551. The third-order valence-corrected chi connectivity index (χ3v) is 5.70. The van der Waals surface area contributed by atoms with E-state index in [1.165, 1.54) is 71.2 Å². The molecule has 2 heterocycles. The standard InChI is InChI=1S/C19H37N5/c1-3-10-23-11-8-17(9-12-23)22-19(20-4-2)21-14-16-7-13-24(15-16)18-5-6-18/h16-18H,3-15H2,1-2H3,(H2,20,21,22). The Kier molecular flexibility index (Phi) is 6.78. The molecule has 0 aromatic carbocycles. The summed E-state index contributed by atoms with van der Waals surface area (Å²) in [6, 6.07) is 1.50. The molecule has 0 spiro atoms. The van der Waals surface area contributed by atoms with Crippen LogP contribution in [0.3, 0.4) is 0 Å². The molecule has 3 aliphatic rings. The summed E-state index contributed by atoms with van der Waals surface area (Å²) in [6.07, 6.45) is 7.93. The van der Waals surface area contributed by atoms with Gasteiger partial charge in [-0.05, 0) is 64.5 Å². The van der Waals surface area contributed by atoms with Crippen LogP contribution >= 0.6 is 0 Å². The predicted molar refractivity (Wildman–Crippen MR) is 102 cm³/mol. The first kappa shape index (κ1) is 18.0. The van der Waals surface area contributed by atoms with E-state index in [-0.39, 0.29) is 0 Å². The number of piperidine rings is 1. The summed E-state index contributed by atoms with van der Waals surface area (Å²) in [7, 11) is 0. The number of aliphatic imine (C=N–C) groups is 1. The Balaban J connectivity index is 1.42. The molecule has 138 valence electrons. The van der Waals surface area contributed by atoms with Crippen molar-refractivity contribution in [2.45, 2.75) is 64.5 Å². The van der Waals surface area contributed by atoms with Crippen molar-refractivity contribution in [2.24, 2.45) is 10.9 Å². The van der Waals surface area contributed by atoms with Crippen molar-refractivity contribution < 1.29 is 0 Å². The molecule has 5 heteroatoms. The van der Waals surface area contributed by atoms with Crippen molar-refractivity contribution in [1.82, 2.24) is 20.4 Å². The Bertz CT molecular complexity index is 399. The number of likely N-dealkylation sites (tertiary alicyclic amines) is 2. The van der Waals surface area contributed by atoms with Crippen LogP contribution in [0.15, 0.2) is 4.99 Å². The summed E-state index contributed by atoms with van der Waals surface area (Å²) in [5.74, 6) is 1.80. The van der Waals surface area contributed by atoms with Crippen LogP contribution in [0, 0.1) is 5.92 Å². The first-order valence-corrected chi connectivity index (χ1v) is 10.3. The average Bonchev–Trinajstić information content (AvgIpc) is 3.33. The summed E-state index contributed by atoms with van der Waals surface area (Å²) in [6.45, 7) is 12.6. The molecular formula is C19H37N5. The maximum absolute atomic E-state index is 4.91. The lowest BCUT2D eigenvalue weighted by molar-refractivity contribution is 0.206. The lowest BCUT2D eigenvalue weighted by Gasteiger charge is -2.32. The maximum Gasteiger partial charge on any atom is 0.191 e. The van der Waals surface area contributed by atoms with Gasteiger partial charge in [0.15, 0.2) is 5.96 Å². The summed E-state index contributed by atoms with van der Waals surface area (Å²) in [5.41, 5.74) is 0. The topological polar surface area (TPSA) is 42.9 Å². The van der Waals surface area contributed by atoms with Gasteiger partial charge in [-0.1, -0.05) is 6.92 Å². The highest BCUT2D eigenvalue weighted by Gasteiger charge is 2.34. The van der Waals surface area contributed by atoms with Crippen LogP contribution in [-0.4, -0.2) is 73.7 Å². The molecule has 0 amide bonds. The molecule has 2 saturated heterocycles. The van der Waals surface area contributed by atoms with Crippen LogP contribution in [-0.2, 0) is 0 Å². The lowest BCUT2D eigenvalue weighted by Crippen LogP contribution is -2.48. The fourth-order valence-electron chi connectivity index (χ4n) is 4.13. The van der Waals surface area contributed by atoms with Crippen LogP contribution in [0.2, 0.25) is 0 Å². The van der Waals surface area contributed by atoms with Crippen molar-refractivity contribution in [3.63, 3.8) is 0 Å². The summed E-state index contributed by atoms with van der Waals surface area (Å²) < 4.78 is 0. The van der Waals surface area contributed by atoms with Gasteiger partial charge in [-0.3, -0.25) is 4.99 Å². The van der Waals surface area contributed by atoms with E-state index in [0.29, 0.717) is 6.04 Å². The molecule has 0 bridgehead atoms. The van der Waals surface area contributed by atoms with E-state index in [9.17, 15) is 0 Å². The van der Waals surface area contributed by atoms with Crippen molar-refractivity contribution in [3.8, 4) is 0 Å². The van der Waals surface area contributed by atoms with Crippen LogP contribution in [0.4, 0.5) is 0 Å². The Labute approximate surface area is 148 Å². The largest absolute Gasteiger partial charge is 0.357 e. The summed E-state index contributed by atoms with van der Waals surface area (Å²) in [5, 5.41) is 7.14. The van der Waals surface area contributed by atoms with E-state index in [4.69, 9.17) is 4.99 Å². The minimum Gasteiger partial charge on any atom is -0.357 e. The zero-order chi connectivity index (χ0) is 16.8. The maximum atomic E-state index is 4.91. The second-order valence-electron chi connectivity index (χ2n) is 7.86. The zero-order valence-electron chi connectivity index (χ0n) is 15.8. The first-order valence-electron chi connectivity index (χ1n) is 10.3. The van der Waals surface area contributed by atoms with E-state index < -0.39 is 0 Å². The zero-order valence-corrected chi connectivity index (χ0v) is 15.8. The van der Waals surface area contributed by atoms with Gasteiger partial charge < -0.3 is 20.4 Å². The van der Waals surface area contributed by atoms with E-state index in [1.54, 1.807) is 0 Å². The van der Waals surface area contributed by atoms with Crippen molar-refractivity contribution in [1.29, 1.82) is 0 Å². The molecule has 5 nitrogen and oxygen atoms in total. The minimum absolute atomic E-state index is 0.586. The number of nitrogens with one attached hydrogen (secondary N) is 2. The van der Waals surface area contributed by atoms with Gasteiger partial charge in [0.2, 0.25) is 0 Å². The fourth-order valence-corrected chi connectivity index (χ4v) is 4.13. The van der Waals surface area contributed by atoms with Crippen molar-refractivity contribution >= 4 is 5.96 Å². The summed E-state index contributed by atoms with van der Waals surface area (Å²) >= 11 is 0. The third kappa shape index (κ3) is 5.35. The second-order valence-corrected chi connectivity index (χ2v) is 7.86. The molecule has 0 radical (unpaired) electrons. The highest BCUT2D eigenvalue weighted by Crippen LogP contribution is 2.31. The fraction of sp³-hybridized carbons (Fsp3) is 0.947. The molecule has 2 N–H and O–H groups in total. The molecule has 1 saturated carbocycles. The molecule has 3 fully saturated rings. The smallest absolute Gasteiger partial charge is 0.191 e. The SMILES string of the molecule is CCCN1CCC(NC(=NCC2CCN(C3CC3)C2)NCC)CC1. The van der Waals surface area contributed by atoms with E-state index in [1.807, 2.05) is 0 Å². The number of hydrogen-bond donors (Lipinski definition) is 2. The van der Waals surface area contributed by atoms with Crippen molar-refractivity contribution in [2.75, 3.05) is 45.8 Å². The van der Waals surface area contributed by atoms with E-state index >= 15 is 0 Å². The third-order valence-electron chi connectivity index (χ3n) is 5.70. The van der Waals surface area contributed by atoms with Crippen LogP contribution < -0.4 is 10.6 Å². The monoisotopic (exact) mass is 335 g/mol. The normalized spacial score (nSPS) is 27.6. The number of rotatable bonds is 7. The van der Waals surface area contributed by atoms with Crippen molar-refractivity contribution in [3.05, 3.63) is 0 Å². The molecule has 1 unspecified atom stereocenters. The number of nitrogens with zero attached hydrogens (tertiary/aromatic N) is 3.